The largest absolute Gasteiger partial charge is 1.00 e. The van der Waals surface area contributed by atoms with Crippen LogP contribution in [-0.4, -0.2) is 17.0 Å². The lowest BCUT2D eigenvalue weighted by Crippen LogP contribution is -3.00. The molecule has 2 nitrogen and oxygen atoms in total. The van der Waals surface area contributed by atoms with Crippen molar-refractivity contribution < 1.29 is 37.1 Å². The fourth-order valence-electron chi connectivity index (χ4n) is 0.285. The van der Waals surface area contributed by atoms with Crippen LogP contribution in [0.4, 0.5) is 13.2 Å². The summed E-state index contributed by atoms with van der Waals surface area (Å²) < 4.78 is 34.2. The van der Waals surface area contributed by atoms with E-state index in [4.69, 9.17) is 11.5 Å². The molecule has 0 fully saturated rings. The fraction of sp³-hybridized carbons (Fsp3) is 0.750. The summed E-state index contributed by atoms with van der Waals surface area (Å²) in [7, 11) is 0. The highest BCUT2D eigenvalue weighted by Crippen LogP contribution is 2.18. The van der Waals surface area contributed by atoms with Crippen LogP contribution < -0.4 is 35.4 Å². The maximum atomic E-state index is 11.4. The molecule has 0 radical (unpaired) electrons. The second kappa shape index (κ2) is 6.09. The summed E-state index contributed by atoms with van der Waals surface area (Å²) in [5, 5.41) is -0.0238. The summed E-state index contributed by atoms with van der Waals surface area (Å²) in [6, 6.07) is 0. The zero-order chi connectivity index (χ0) is 8.20. The molecule has 0 bridgehead atoms. The van der Waals surface area contributed by atoms with E-state index >= 15 is 0 Å². The van der Waals surface area contributed by atoms with E-state index < -0.39 is 12.6 Å². The van der Waals surface area contributed by atoms with E-state index in [-0.39, 0.29) is 34.8 Å². The molecule has 0 amide bonds. The Morgan fingerprint density at radius 1 is 1.27 bits per heavy atom. The van der Waals surface area contributed by atoms with Gasteiger partial charge >= 0.3 is 11.3 Å². The number of hydrogen-bond acceptors (Lipinski definition) is 0. The third-order valence-corrected chi connectivity index (χ3v) is 1.40. The minimum atomic E-state index is -4.11. The summed E-state index contributed by atoms with van der Waals surface area (Å²) in [6.07, 6.45) is -4.96. The van der Waals surface area contributed by atoms with Gasteiger partial charge in [0.15, 0.2) is 5.75 Å². The van der Waals surface area contributed by atoms with Gasteiger partial charge in [0.2, 0.25) is 11.4 Å². The van der Waals surface area contributed by atoms with Crippen molar-refractivity contribution in [3.63, 3.8) is 0 Å². The van der Waals surface area contributed by atoms with Gasteiger partial charge in [-0.1, -0.05) is 0 Å². The van der Waals surface area contributed by atoms with Gasteiger partial charge in [-0.3, -0.25) is 0 Å². The zero-order valence-corrected chi connectivity index (χ0v) is 8.46. The third-order valence-electron chi connectivity index (χ3n) is 0.654. The van der Waals surface area contributed by atoms with Crippen molar-refractivity contribution in [2.45, 2.75) is 12.6 Å². The molecule has 0 aliphatic heterocycles. The van der Waals surface area contributed by atoms with Crippen LogP contribution in [0.25, 0.3) is 0 Å². The molecule has 0 aromatic heterocycles. The van der Waals surface area contributed by atoms with E-state index in [2.05, 4.69) is 0 Å². The lowest BCUT2D eigenvalue weighted by molar-refractivity contribution is -0.129. The molecular weight excluding hydrogens is 292 g/mol. The van der Waals surface area contributed by atoms with E-state index in [1.165, 1.54) is 0 Å². The van der Waals surface area contributed by atoms with Crippen molar-refractivity contribution in [1.82, 2.24) is 0 Å². The summed E-state index contributed by atoms with van der Waals surface area (Å²) in [4.78, 5) is 0. The summed E-state index contributed by atoms with van der Waals surface area (Å²) in [5.74, 6) is -0.105. The van der Waals surface area contributed by atoms with E-state index in [9.17, 15) is 13.2 Å². The lowest BCUT2D eigenvalue weighted by atomic mass is 10.5. The molecule has 0 aliphatic carbocycles. The van der Waals surface area contributed by atoms with E-state index in [0.717, 1.165) is 11.4 Å². The van der Waals surface area contributed by atoms with E-state index in [1.54, 1.807) is 0 Å². The highest BCUT2D eigenvalue weighted by atomic mass is 127. The first-order valence-corrected chi connectivity index (χ1v) is 3.48. The standard InChI is InChI=1S/C4H8F3N2S.HI/c5-4(6,7)1-2-10-3(8)9;/h1-2,8-9H2;1H/q+1;/p-1. The Morgan fingerprint density at radius 2 is 1.73 bits per heavy atom. The van der Waals surface area contributed by atoms with E-state index in [0.29, 0.717) is 0 Å². The molecule has 0 saturated heterocycles. The molecule has 0 aliphatic rings. The zero-order valence-electron chi connectivity index (χ0n) is 5.49. The SMILES string of the molecule is NC(N)=[S+]CCC(F)(F)F.[I-]. The molecule has 0 aromatic carbocycles. The van der Waals surface area contributed by atoms with Crippen LogP contribution in [0.2, 0.25) is 0 Å². The number of alkyl halides is 3. The smallest absolute Gasteiger partial charge is 0.394 e. The molecular formula is C4H8F3IN2S. The highest BCUT2D eigenvalue weighted by Gasteiger charge is 2.28. The van der Waals surface area contributed by atoms with Crippen molar-refractivity contribution in [2.75, 3.05) is 5.75 Å². The minimum Gasteiger partial charge on any atom is -1.00 e. The molecule has 68 valence electrons. The molecule has 0 spiro atoms. The monoisotopic (exact) mass is 300 g/mol. The van der Waals surface area contributed by atoms with Crippen LogP contribution >= 0.6 is 0 Å². The number of halogens is 4. The molecule has 7 heteroatoms. The number of nitrogens with two attached hydrogens (primary N) is 2. The Hall–Kier alpha value is 0.530. The van der Waals surface area contributed by atoms with Gasteiger partial charge in [-0.15, -0.1) is 0 Å². The molecule has 0 unspecified atom stereocenters. The first-order valence-electron chi connectivity index (χ1n) is 2.49. The Labute approximate surface area is 83.5 Å². The maximum absolute atomic E-state index is 11.4. The molecule has 0 saturated carbocycles. The van der Waals surface area contributed by atoms with Crippen LogP contribution in [0.5, 0.6) is 0 Å². The molecule has 0 rings (SSSR count). The Morgan fingerprint density at radius 3 is 2.00 bits per heavy atom. The van der Waals surface area contributed by atoms with Gasteiger partial charge in [-0.05, 0) is 0 Å². The number of rotatable bonds is 2. The summed E-state index contributed by atoms with van der Waals surface area (Å²) >= 11 is 0.810. The van der Waals surface area contributed by atoms with Gasteiger partial charge in [-0.2, -0.15) is 13.2 Å². The highest BCUT2D eigenvalue weighted by molar-refractivity contribution is 7.78. The Bertz CT molecular complexity index is 132. The fourth-order valence-corrected chi connectivity index (χ4v) is 0.854. The van der Waals surface area contributed by atoms with Crippen molar-refractivity contribution in [1.29, 1.82) is 0 Å². The predicted molar refractivity (Wildman–Crippen MR) is 36.3 cm³/mol. The van der Waals surface area contributed by atoms with Gasteiger partial charge in [0.25, 0.3) is 0 Å². The van der Waals surface area contributed by atoms with Crippen molar-refractivity contribution in [3.05, 3.63) is 0 Å². The molecule has 0 atom stereocenters. The van der Waals surface area contributed by atoms with Crippen LogP contribution in [0.3, 0.4) is 0 Å². The van der Waals surface area contributed by atoms with Crippen LogP contribution in [0.15, 0.2) is 0 Å². The molecule has 11 heavy (non-hydrogen) atoms. The number of hydrogen-bond donors (Lipinski definition) is 2. The van der Waals surface area contributed by atoms with E-state index in [1.807, 2.05) is 0 Å². The normalized spacial score (nSPS) is 10.3. The van der Waals surface area contributed by atoms with Crippen LogP contribution in [0.1, 0.15) is 6.42 Å². The lowest BCUT2D eigenvalue weighted by Gasteiger charge is -1.97. The predicted octanol–water partition coefficient (Wildman–Crippen LogP) is -2.97. The second-order valence-electron chi connectivity index (χ2n) is 1.62. The van der Waals surface area contributed by atoms with Gasteiger partial charge in [0.05, 0.1) is 6.42 Å². The first-order chi connectivity index (χ1) is 4.42. The topological polar surface area (TPSA) is 52.0 Å². The van der Waals surface area contributed by atoms with Gasteiger partial charge in [0.1, 0.15) is 0 Å². The quantitative estimate of drug-likeness (QED) is 0.325. The summed E-state index contributed by atoms with van der Waals surface area (Å²) in [6.45, 7) is 0. The summed E-state index contributed by atoms with van der Waals surface area (Å²) in [5.41, 5.74) is 9.82. The van der Waals surface area contributed by atoms with Gasteiger partial charge in [-0.25, -0.2) is 11.5 Å². The Balaban J connectivity index is 0. The first kappa shape index (κ1) is 14.1. The van der Waals surface area contributed by atoms with Crippen molar-refractivity contribution in [2.24, 2.45) is 11.5 Å². The Kier molecular flexibility index (Phi) is 7.80. The van der Waals surface area contributed by atoms with Crippen LogP contribution in [0, 0.1) is 0 Å². The van der Waals surface area contributed by atoms with Gasteiger partial charge in [0, 0.05) is 0 Å². The third kappa shape index (κ3) is 13.5. The van der Waals surface area contributed by atoms with Crippen molar-refractivity contribution in [3.8, 4) is 0 Å². The van der Waals surface area contributed by atoms with Crippen LogP contribution in [-0.2, 0) is 11.4 Å². The molecule has 4 N–H and O–H groups in total. The second-order valence-corrected chi connectivity index (χ2v) is 2.78. The van der Waals surface area contributed by atoms with Crippen molar-refractivity contribution >= 4 is 16.5 Å². The van der Waals surface area contributed by atoms with Gasteiger partial charge < -0.3 is 24.0 Å². The average Bonchev–Trinajstić information content (AvgIpc) is 1.59. The average molecular weight is 300 g/mol. The molecule has 0 heterocycles. The minimum absolute atomic E-state index is 0. The molecule has 0 aromatic rings. The maximum Gasteiger partial charge on any atom is 0.394 e.